The first-order chi connectivity index (χ1) is 12.1. The van der Waals surface area contributed by atoms with E-state index in [1.54, 1.807) is 9.80 Å². The first-order valence-electron chi connectivity index (χ1n) is 8.53. The number of likely N-dealkylation sites (tertiary alicyclic amines) is 1. The Morgan fingerprint density at radius 2 is 1.96 bits per heavy atom. The van der Waals surface area contributed by atoms with Gasteiger partial charge in [-0.2, -0.15) is 0 Å². The summed E-state index contributed by atoms with van der Waals surface area (Å²) < 4.78 is 5.42. The van der Waals surface area contributed by atoms with Gasteiger partial charge in [-0.3, -0.25) is 4.79 Å². The number of amides is 2. The molecule has 1 aromatic heterocycles. The minimum absolute atomic E-state index is 0.0621. The van der Waals surface area contributed by atoms with E-state index in [1.165, 1.54) is 18.3 Å². The molecule has 0 saturated carbocycles. The van der Waals surface area contributed by atoms with Gasteiger partial charge in [-0.25, -0.2) is 4.79 Å². The van der Waals surface area contributed by atoms with Crippen LogP contribution in [0.15, 0.2) is 18.3 Å². The molecule has 2 amide bonds. The zero-order valence-electron chi connectivity index (χ0n) is 15.0. The van der Waals surface area contributed by atoms with Crippen molar-refractivity contribution in [2.45, 2.75) is 32.8 Å². The number of hydrogen-bond donors (Lipinski definition) is 0. The van der Waals surface area contributed by atoms with E-state index in [2.05, 4.69) is 4.98 Å². The predicted octanol–water partition coefficient (Wildman–Crippen LogP) is 2.21. The van der Waals surface area contributed by atoms with Gasteiger partial charge in [0.25, 0.3) is 0 Å². The fourth-order valence-electron chi connectivity index (χ4n) is 3.42. The van der Waals surface area contributed by atoms with Crippen LogP contribution in [-0.4, -0.2) is 52.0 Å². The number of hydrogen-bond acceptors (Lipinski definition) is 6. The molecular weight excluding hydrogens is 340 g/mol. The lowest BCUT2D eigenvalue weighted by Gasteiger charge is -2.33. The van der Waals surface area contributed by atoms with E-state index in [9.17, 15) is 19.7 Å². The molecule has 3 rings (SSSR count). The van der Waals surface area contributed by atoms with Gasteiger partial charge in [0.15, 0.2) is 6.20 Å². The predicted molar refractivity (Wildman–Crippen MR) is 92.6 cm³/mol. The quantitative estimate of drug-likeness (QED) is 0.590. The molecule has 2 fully saturated rings. The van der Waals surface area contributed by atoms with E-state index < -0.39 is 10.5 Å². The maximum absolute atomic E-state index is 12.5. The van der Waals surface area contributed by atoms with E-state index in [-0.39, 0.29) is 29.7 Å². The number of nitrogens with zero attached hydrogens (tertiary/aromatic N) is 4. The summed E-state index contributed by atoms with van der Waals surface area (Å²) in [7, 11) is 0. The van der Waals surface area contributed by atoms with E-state index >= 15 is 0 Å². The van der Waals surface area contributed by atoms with Crippen molar-refractivity contribution in [3.63, 3.8) is 0 Å². The smallest absolute Gasteiger partial charge is 0.410 e. The van der Waals surface area contributed by atoms with Gasteiger partial charge in [0.05, 0.1) is 5.69 Å². The third-order valence-electron chi connectivity index (χ3n) is 4.61. The standard InChI is InChI=1S/C17H22N4O5/c1-17(2,3)26-16(23)19-8-11-6-15(22)20(10-12(11)9-19)13-4-5-14(18-7-13)21(24)25/h4-5,7,11-12H,6,8-10H2,1-3H3. The SMILES string of the molecule is CC(C)(C)OC(=O)N1CC2CC(=O)N(c3ccc([N+](=O)[O-])nc3)CC2C1. The molecule has 9 nitrogen and oxygen atoms in total. The Kier molecular flexibility index (Phi) is 4.55. The number of carbonyl (C=O) groups is 2. The van der Waals surface area contributed by atoms with Crippen LogP contribution in [0.5, 0.6) is 0 Å². The lowest BCUT2D eigenvalue weighted by Crippen LogP contribution is -2.44. The number of carbonyl (C=O) groups excluding carboxylic acids is 2. The maximum Gasteiger partial charge on any atom is 0.410 e. The summed E-state index contributed by atoms with van der Waals surface area (Å²) in [5.74, 6) is -0.0614. The Hall–Kier alpha value is -2.71. The first kappa shape index (κ1) is 18.1. The number of piperidine rings is 1. The zero-order valence-corrected chi connectivity index (χ0v) is 15.0. The van der Waals surface area contributed by atoms with Crippen LogP contribution in [0, 0.1) is 22.0 Å². The molecule has 140 valence electrons. The van der Waals surface area contributed by atoms with Crippen molar-refractivity contribution in [1.29, 1.82) is 0 Å². The summed E-state index contributed by atoms with van der Waals surface area (Å²) in [5, 5.41) is 10.7. The largest absolute Gasteiger partial charge is 0.444 e. The molecule has 2 atom stereocenters. The van der Waals surface area contributed by atoms with Crippen LogP contribution in [0.1, 0.15) is 27.2 Å². The van der Waals surface area contributed by atoms with Crippen LogP contribution >= 0.6 is 0 Å². The third-order valence-corrected chi connectivity index (χ3v) is 4.61. The summed E-state index contributed by atoms with van der Waals surface area (Å²) in [5.41, 5.74) is -0.0216. The van der Waals surface area contributed by atoms with Crippen molar-refractivity contribution in [2.75, 3.05) is 24.5 Å². The highest BCUT2D eigenvalue weighted by molar-refractivity contribution is 5.94. The number of ether oxygens (including phenoxy) is 1. The van der Waals surface area contributed by atoms with E-state index in [1.807, 2.05) is 20.8 Å². The molecule has 1 aromatic rings. The Morgan fingerprint density at radius 3 is 2.54 bits per heavy atom. The molecule has 2 aliphatic rings. The Morgan fingerprint density at radius 1 is 1.27 bits per heavy atom. The average molecular weight is 362 g/mol. The van der Waals surface area contributed by atoms with Crippen molar-refractivity contribution in [3.05, 3.63) is 28.4 Å². The summed E-state index contributed by atoms with van der Waals surface area (Å²) in [6, 6.07) is 2.82. The van der Waals surface area contributed by atoms with Gasteiger partial charge >= 0.3 is 11.9 Å². The summed E-state index contributed by atoms with van der Waals surface area (Å²) in [4.78, 5) is 41.9. The van der Waals surface area contributed by atoms with Gasteiger partial charge in [0.2, 0.25) is 5.91 Å². The summed E-state index contributed by atoms with van der Waals surface area (Å²) >= 11 is 0. The van der Waals surface area contributed by atoms with Crippen LogP contribution in [0.2, 0.25) is 0 Å². The van der Waals surface area contributed by atoms with Crippen LogP contribution in [0.3, 0.4) is 0 Å². The van der Waals surface area contributed by atoms with Crippen LogP contribution in [-0.2, 0) is 9.53 Å². The van der Waals surface area contributed by atoms with E-state index in [0.29, 0.717) is 31.7 Å². The molecule has 26 heavy (non-hydrogen) atoms. The van der Waals surface area contributed by atoms with Gasteiger partial charge in [0.1, 0.15) is 5.60 Å². The highest BCUT2D eigenvalue weighted by Gasteiger charge is 2.43. The van der Waals surface area contributed by atoms with Crippen LogP contribution < -0.4 is 4.90 Å². The van der Waals surface area contributed by atoms with Crippen molar-refractivity contribution >= 4 is 23.5 Å². The topological polar surface area (TPSA) is 106 Å². The number of nitro groups is 1. The fourth-order valence-corrected chi connectivity index (χ4v) is 3.42. The van der Waals surface area contributed by atoms with Crippen LogP contribution in [0.25, 0.3) is 0 Å². The van der Waals surface area contributed by atoms with E-state index in [4.69, 9.17) is 4.74 Å². The molecular formula is C17H22N4O5. The molecule has 0 bridgehead atoms. The second-order valence-corrected chi connectivity index (χ2v) is 7.75. The highest BCUT2D eigenvalue weighted by Crippen LogP contribution is 2.34. The van der Waals surface area contributed by atoms with Crippen molar-refractivity contribution in [2.24, 2.45) is 11.8 Å². The Balaban J connectivity index is 1.69. The average Bonchev–Trinajstić information content (AvgIpc) is 2.95. The monoisotopic (exact) mass is 362 g/mol. The molecule has 0 spiro atoms. The second-order valence-electron chi connectivity index (χ2n) is 7.75. The minimum atomic E-state index is -0.576. The number of aromatic nitrogens is 1. The molecule has 0 aromatic carbocycles. The van der Waals surface area contributed by atoms with Crippen LogP contribution in [0.4, 0.5) is 16.3 Å². The lowest BCUT2D eigenvalue weighted by atomic mass is 9.88. The Labute approximate surface area is 151 Å². The van der Waals surface area contributed by atoms with Gasteiger partial charge in [-0.1, -0.05) is 0 Å². The zero-order chi connectivity index (χ0) is 19.1. The first-order valence-corrected chi connectivity index (χ1v) is 8.53. The summed E-state index contributed by atoms with van der Waals surface area (Å²) in [6.07, 6.45) is 1.32. The van der Waals surface area contributed by atoms with Gasteiger partial charge < -0.3 is 24.7 Å². The fraction of sp³-hybridized carbons (Fsp3) is 0.588. The third kappa shape index (κ3) is 3.76. The molecule has 2 saturated heterocycles. The lowest BCUT2D eigenvalue weighted by molar-refractivity contribution is -0.389. The molecule has 2 unspecified atom stereocenters. The van der Waals surface area contributed by atoms with E-state index in [0.717, 1.165) is 0 Å². The molecule has 0 N–H and O–H groups in total. The molecule has 9 heteroatoms. The van der Waals surface area contributed by atoms with Crippen molar-refractivity contribution in [3.8, 4) is 0 Å². The second kappa shape index (κ2) is 6.54. The maximum atomic E-state index is 12.5. The molecule has 0 aliphatic carbocycles. The minimum Gasteiger partial charge on any atom is -0.444 e. The Bertz CT molecular complexity index is 728. The van der Waals surface area contributed by atoms with Gasteiger partial charge in [-0.15, -0.1) is 0 Å². The molecule has 3 heterocycles. The number of rotatable bonds is 2. The number of anilines is 1. The normalized spacial score (nSPS) is 23.0. The molecule has 0 radical (unpaired) electrons. The number of pyridine rings is 1. The highest BCUT2D eigenvalue weighted by atomic mass is 16.6. The molecule has 2 aliphatic heterocycles. The van der Waals surface area contributed by atoms with Crippen molar-refractivity contribution in [1.82, 2.24) is 9.88 Å². The van der Waals surface area contributed by atoms with Gasteiger partial charge in [0, 0.05) is 32.1 Å². The number of fused-ring (bicyclic) bond motifs is 1. The summed E-state index contributed by atoms with van der Waals surface area (Å²) in [6.45, 7) is 6.96. The van der Waals surface area contributed by atoms with Gasteiger partial charge in [-0.05, 0) is 48.6 Å². The van der Waals surface area contributed by atoms with Crippen molar-refractivity contribution < 1.29 is 19.2 Å².